The number of nitrogens with zero attached hydrogens (tertiary/aromatic N) is 2. The van der Waals surface area contributed by atoms with Crippen LogP contribution in [0.25, 0.3) is 0 Å². The summed E-state index contributed by atoms with van der Waals surface area (Å²) in [5.74, 6) is 0.993. The molecule has 0 aliphatic carbocycles. The van der Waals surface area contributed by atoms with Gasteiger partial charge in [-0.05, 0) is 6.42 Å². The molecule has 1 aromatic rings. The molecule has 0 bridgehead atoms. The van der Waals surface area contributed by atoms with Gasteiger partial charge in [-0.15, -0.1) is 0 Å². The Bertz CT molecular complexity index is 370. The molecular weight excluding hydrogens is 224 g/mol. The van der Waals surface area contributed by atoms with Crippen molar-refractivity contribution in [3.8, 4) is 0 Å². The van der Waals surface area contributed by atoms with Gasteiger partial charge in [0, 0.05) is 18.9 Å². The number of nitrogens with one attached hydrogen (secondary N) is 1. The molecule has 0 saturated heterocycles. The Balaban J connectivity index is 2.62. The molecule has 0 aromatic carbocycles. The molecule has 0 fully saturated rings. The highest BCUT2D eigenvalue weighted by Gasteiger charge is 2.05. The SMILES string of the molecule is CCCCCNc1cc(N)nc(S(C)=O)n1. The summed E-state index contributed by atoms with van der Waals surface area (Å²) in [5.41, 5.74) is 5.60. The van der Waals surface area contributed by atoms with E-state index in [4.69, 9.17) is 5.73 Å². The van der Waals surface area contributed by atoms with Crippen molar-refractivity contribution < 1.29 is 4.21 Å². The summed E-state index contributed by atoms with van der Waals surface area (Å²) >= 11 is 0. The van der Waals surface area contributed by atoms with E-state index in [0.717, 1.165) is 13.0 Å². The second-order valence-electron chi connectivity index (χ2n) is 3.55. The maximum Gasteiger partial charge on any atom is 0.222 e. The zero-order valence-corrected chi connectivity index (χ0v) is 10.5. The Kier molecular flexibility index (Phi) is 5.18. The lowest BCUT2D eigenvalue weighted by Crippen LogP contribution is -2.08. The Morgan fingerprint density at radius 3 is 2.81 bits per heavy atom. The molecule has 1 atom stereocenters. The largest absolute Gasteiger partial charge is 0.383 e. The minimum Gasteiger partial charge on any atom is -0.383 e. The first kappa shape index (κ1) is 12.9. The molecule has 0 aliphatic rings. The molecule has 0 saturated carbocycles. The summed E-state index contributed by atoms with van der Waals surface area (Å²) in [6, 6.07) is 1.66. The maximum absolute atomic E-state index is 11.2. The lowest BCUT2D eigenvalue weighted by molar-refractivity contribution is 0.679. The number of hydrogen-bond donors (Lipinski definition) is 2. The second-order valence-corrected chi connectivity index (χ2v) is 4.82. The predicted octanol–water partition coefficient (Wildman–Crippen LogP) is 1.40. The van der Waals surface area contributed by atoms with Crippen LogP contribution < -0.4 is 11.1 Å². The normalized spacial score (nSPS) is 12.4. The highest BCUT2D eigenvalue weighted by atomic mass is 32.2. The van der Waals surface area contributed by atoms with E-state index < -0.39 is 10.8 Å². The lowest BCUT2D eigenvalue weighted by atomic mass is 10.2. The standard InChI is InChI=1S/C10H18N4OS/c1-3-4-5-6-12-9-7-8(11)13-10(14-9)16(2)15/h7H,3-6H2,1-2H3,(H3,11,12,13,14). The molecule has 0 aliphatic heterocycles. The molecule has 0 spiro atoms. The lowest BCUT2D eigenvalue weighted by Gasteiger charge is -2.06. The van der Waals surface area contributed by atoms with Crippen molar-refractivity contribution in [1.82, 2.24) is 9.97 Å². The highest BCUT2D eigenvalue weighted by molar-refractivity contribution is 7.84. The van der Waals surface area contributed by atoms with E-state index in [-0.39, 0.29) is 5.16 Å². The molecule has 1 aromatic heterocycles. The quantitative estimate of drug-likeness (QED) is 0.582. The van der Waals surface area contributed by atoms with Gasteiger partial charge in [0.1, 0.15) is 11.6 Å². The average molecular weight is 242 g/mol. The van der Waals surface area contributed by atoms with Crippen LogP contribution in [-0.2, 0) is 10.8 Å². The summed E-state index contributed by atoms with van der Waals surface area (Å²) in [6.45, 7) is 3.00. The van der Waals surface area contributed by atoms with Crippen LogP contribution in [0.5, 0.6) is 0 Å². The van der Waals surface area contributed by atoms with Crippen LogP contribution in [0.1, 0.15) is 26.2 Å². The third-order valence-corrected chi connectivity index (χ3v) is 2.77. The topological polar surface area (TPSA) is 80.9 Å². The van der Waals surface area contributed by atoms with Gasteiger partial charge in [0.05, 0.1) is 10.8 Å². The van der Waals surface area contributed by atoms with Crippen molar-refractivity contribution in [2.75, 3.05) is 23.9 Å². The van der Waals surface area contributed by atoms with Crippen LogP contribution >= 0.6 is 0 Å². The zero-order chi connectivity index (χ0) is 12.0. The Labute approximate surface area is 98.3 Å². The third kappa shape index (κ3) is 4.14. The Morgan fingerprint density at radius 1 is 1.44 bits per heavy atom. The number of nitrogen functional groups attached to an aromatic ring is 1. The van der Waals surface area contributed by atoms with Crippen molar-refractivity contribution >= 4 is 22.4 Å². The molecule has 90 valence electrons. The van der Waals surface area contributed by atoms with E-state index in [2.05, 4.69) is 22.2 Å². The van der Waals surface area contributed by atoms with Crippen LogP contribution in [0.2, 0.25) is 0 Å². The third-order valence-electron chi connectivity index (χ3n) is 2.07. The highest BCUT2D eigenvalue weighted by Crippen LogP contribution is 2.10. The van der Waals surface area contributed by atoms with Gasteiger partial charge in [-0.1, -0.05) is 19.8 Å². The van der Waals surface area contributed by atoms with Gasteiger partial charge < -0.3 is 11.1 Å². The van der Waals surface area contributed by atoms with Gasteiger partial charge in [0.25, 0.3) is 0 Å². The molecule has 1 unspecified atom stereocenters. The fraction of sp³-hybridized carbons (Fsp3) is 0.600. The molecule has 16 heavy (non-hydrogen) atoms. The summed E-state index contributed by atoms with van der Waals surface area (Å²) in [4.78, 5) is 8.03. The van der Waals surface area contributed by atoms with Crippen LogP contribution in [0.4, 0.5) is 11.6 Å². The number of aromatic nitrogens is 2. The van der Waals surface area contributed by atoms with Crippen LogP contribution in [0.3, 0.4) is 0 Å². The molecule has 1 heterocycles. The first-order chi connectivity index (χ1) is 7.63. The minimum atomic E-state index is -1.20. The molecule has 0 radical (unpaired) electrons. The van der Waals surface area contributed by atoms with E-state index in [1.807, 2.05) is 0 Å². The first-order valence-electron chi connectivity index (χ1n) is 5.35. The van der Waals surface area contributed by atoms with Crippen LogP contribution in [0, 0.1) is 0 Å². The maximum atomic E-state index is 11.2. The number of nitrogens with two attached hydrogens (primary N) is 1. The number of anilines is 2. The Morgan fingerprint density at radius 2 is 2.19 bits per heavy atom. The van der Waals surface area contributed by atoms with Crippen molar-refractivity contribution in [3.63, 3.8) is 0 Å². The van der Waals surface area contributed by atoms with Gasteiger partial charge in [0.2, 0.25) is 5.16 Å². The molecule has 6 heteroatoms. The number of unbranched alkanes of at least 4 members (excludes halogenated alkanes) is 2. The van der Waals surface area contributed by atoms with Gasteiger partial charge in [-0.2, -0.15) is 0 Å². The average Bonchev–Trinajstić information content (AvgIpc) is 2.23. The Hall–Kier alpha value is -1.17. The molecule has 3 N–H and O–H groups in total. The van der Waals surface area contributed by atoms with Crippen molar-refractivity contribution in [2.24, 2.45) is 0 Å². The van der Waals surface area contributed by atoms with E-state index in [0.29, 0.717) is 11.6 Å². The molecule has 1 rings (SSSR count). The van der Waals surface area contributed by atoms with E-state index >= 15 is 0 Å². The fourth-order valence-electron chi connectivity index (χ4n) is 1.25. The van der Waals surface area contributed by atoms with Crippen molar-refractivity contribution in [3.05, 3.63) is 6.07 Å². The van der Waals surface area contributed by atoms with Gasteiger partial charge in [-0.3, -0.25) is 4.21 Å². The fourth-order valence-corrected chi connectivity index (χ4v) is 1.71. The zero-order valence-electron chi connectivity index (χ0n) is 9.69. The summed E-state index contributed by atoms with van der Waals surface area (Å²) in [6.07, 6.45) is 4.98. The van der Waals surface area contributed by atoms with Gasteiger partial charge >= 0.3 is 0 Å². The summed E-state index contributed by atoms with van der Waals surface area (Å²) in [7, 11) is -1.20. The smallest absolute Gasteiger partial charge is 0.222 e. The summed E-state index contributed by atoms with van der Waals surface area (Å²) in [5, 5.41) is 3.43. The van der Waals surface area contributed by atoms with Crippen molar-refractivity contribution in [1.29, 1.82) is 0 Å². The van der Waals surface area contributed by atoms with Gasteiger partial charge in [0.15, 0.2) is 0 Å². The molecular formula is C10H18N4OS. The summed E-state index contributed by atoms with van der Waals surface area (Å²) < 4.78 is 11.2. The van der Waals surface area contributed by atoms with Crippen LogP contribution in [0.15, 0.2) is 11.2 Å². The van der Waals surface area contributed by atoms with E-state index in [9.17, 15) is 4.21 Å². The van der Waals surface area contributed by atoms with E-state index in [1.165, 1.54) is 19.1 Å². The second kappa shape index (κ2) is 6.42. The molecule has 5 nitrogen and oxygen atoms in total. The molecule has 0 amide bonds. The number of hydrogen-bond acceptors (Lipinski definition) is 5. The van der Waals surface area contributed by atoms with Gasteiger partial charge in [-0.25, -0.2) is 9.97 Å². The first-order valence-corrected chi connectivity index (χ1v) is 6.91. The van der Waals surface area contributed by atoms with Crippen molar-refractivity contribution in [2.45, 2.75) is 31.3 Å². The minimum absolute atomic E-state index is 0.276. The van der Waals surface area contributed by atoms with Crippen LogP contribution in [-0.4, -0.2) is 27.0 Å². The number of rotatable bonds is 6. The predicted molar refractivity (Wildman–Crippen MR) is 66.8 cm³/mol. The monoisotopic (exact) mass is 242 g/mol. The van der Waals surface area contributed by atoms with E-state index in [1.54, 1.807) is 6.07 Å².